The van der Waals surface area contributed by atoms with Gasteiger partial charge in [0, 0.05) is 17.4 Å². The van der Waals surface area contributed by atoms with E-state index in [0.717, 1.165) is 5.69 Å². The van der Waals surface area contributed by atoms with Crippen molar-refractivity contribution in [2.75, 3.05) is 22.6 Å². The van der Waals surface area contributed by atoms with Gasteiger partial charge in [0.1, 0.15) is 15.9 Å². The summed E-state index contributed by atoms with van der Waals surface area (Å²) in [6, 6.07) is 7.35. The molecule has 1 aromatic carbocycles. The summed E-state index contributed by atoms with van der Waals surface area (Å²) in [4.78, 5) is 0. The van der Waals surface area contributed by atoms with Crippen LogP contribution in [0.4, 0.5) is 11.4 Å². The van der Waals surface area contributed by atoms with Crippen molar-refractivity contribution in [2.24, 2.45) is 0 Å². The smallest absolute Gasteiger partial charge is 0.150 e. The minimum absolute atomic E-state index is 0.142. The van der Waals surface area contributed by atoms with Gasteiger partial charge in [-0.25, -0.2) is 8.42 Å². The zero-order chi connectivity index (χ0) is 13.2. The number of hydrogen-bond donors (Lipinski definition) is 2. The van der Waals surface area contributed by atoms with E-state index in [-0.39, 0.29) is 17.5 Å². The molecule has 6 heteroatoms. The first-order valence-corrected chi connectivity index (χ1v) is 7.59. The summed E-state index contributed by atoms with van der Waals surface area (Å²) in [5.41, 5.74) is 7.34. The number of nitrogens with zero attached hydrogens (tertiary/aromatic N) is 1. The Kier molecular flexibility index (Phi) is 3.43. The quantitative estimate of drug-likeness (QED) is 0.781. The highest BCUT2D eigenvalue weighted by molar-refractivity contribution is 7.91. The molecule has 1 aromatic rings. The average Bonchev–Trinajstić information content (AvgIpc) is 2.34. The van der Waals surface area contributed by atoms with Crippen LogP contribution in [-0.2, 0) is 9.84 Å². The predicted molar refractivity (Wildman–Crippen MR) is 70.9 cm³/mol. The number of nitrogens with two attached hydrogens (primary N) is 1. The van der Waals surface area contributed by atoms with Crippen molar-refractivity contribution in [2.45, 2.75) is 18.9 Å². The Labute approximate surface area is 107 Å². The second kappa shape index (κ2) is 4.86. The Hall–Kier alpha value is -1.74. The number of benzene rings is 1. The molecule has 1 saturated heterocycles. The molecular formula is C12H15N3O2S. The molecule has 2 rings (SSSR count). The Morgan fingerprint density at radius 2 is 2.00 bits per heavy atom. The molecule has 0 spiro atoms. The molecule has 0 aliphatic carbocycles. The fourth-order valence-corrected chi connectivity index (χ4v) is 3.50. The number of rotatable bonds is 2. The molecule has 1 heterocycles. The van der Waals surface area contributed by atoms with Crippen LogP contribution in [0.1, 0.15) is 18.4 Å². The summed E-state index contributed by atoms with van der Waals surface area (Å²) >= 11 is 0. The molecule has 96 valence electrons. The largest absolute Gasteiger partial charge is 0.398 e. The van der Waals surface area contributed by atoms with Gasteiger partial charge in [0.15, 0.2) is 0 Å². The third kappa shape index (κ3) is 2.93. The van der Waals surface area contributed by atoms with Crippen molar-refractivity contribution in [3.8, 4) is 6.07 Å². The van der Waals surface area contributed by atoms with Crippen molar-refractivity contribution in [1.82, 2.24) is 0 Å². The lowest BCUT2D eigenvalue weighted by molar-refractivity contribution is 0.559. The first kappa shape index (κ1) is 12.7. The molecular weight excluding hydrogens is 250 g/mol. The number of nitrogen functional groups attached to an aromatic ring is 1. The molecule has 1 aliphatic heterocycles. The SMILES string of the molecule is N#Cc1cc(NC2CCS(=O)(=O)CC2)ccc1N. The molecule has 0 bridgehead atoms. The van der Waals surface area contributed by atoms with E-state index in [9.17, 15) is 8.42 Å². The standard InChI is InChI=1S/C12H15N3O2S/c13-8-9-7-11(1-2-12(9)14)15-10-3-5-18(16,17)6-4-10/h1-2,7,10,15H,3-6,14H2. The minimum Gasteiger partial charge on any atom is -0.398 e. The molecule has 0 amide bonds. The fraction of sp³-hybridized carbons (Fsp3) is 0.417. The zero-order valence-electron chi connectivity index (χ0n) is 9.89. The van der Waals surface area contributed by atoms with Gasteiger partial charge in [0.05, 0.1) is 17.1 Å². The molecule has 3 N–H and O–H groups in total. The van der Waals surface area contributed by atoms with Crippen molar-refractivity contribution in [3.05, 3.63) is 23.8 Å². The molecule has 1 aliphatic rings. The summed E-state index contributed by atoms with van der Waals surface area (Å²) in [5.74, 6) is 0.454. The van der Waals surface area contributed by atoms with Crippen LogP contribution in [-0.4, -0.2) is 26.0 Å². The van der Waals surface area contributed by atoms with E-state index < -0.39 is 9.84 Å². The summed E-state index contributed by atoms with van der Waals surface area (Å²) in [7, 11) is -2.84. The molecule has 0 radical (unpaired) electrons. The summed E-state index contributed by atoms with van der Waals surface area (Å²) < 4.78 is 22.6. The van der Waals surface area contributed by atoms with Crippen molar-refractivity contribution in [3.63, 3.8) is 0 Å². The third-order valence-electron chi connectivity index (χ3n) is 3.10. The van der Waals surface area contributed by atoms with E-state index in [1.54, 1.807) is 18.2 Å². The molecule has 0 aromatic heterocycles. The molecule has 1 fully saturated rings. The molecule has 0 unspecified atom stereocenters. The average molecular weight is 265 g/mol. The van der Waals surface area contributed by atoms with Gasteiger partial charge in [0.25, 0.3) is 0 Å². The molecule has 0 saturated carbocycles. The van der Waals surface area contributed by atoms with Crippen LogP contribution < -0.4 is 11.1 Å². The number of sulfone groups is 1. The Bertz CT molecular complexity index is 576. The Morgan fingerprint density at radius 1 is 1.33 bits per heavy atom. The van der Waals surface area contributed by atoms with Crippen LogP contribution in [0.5, 0.6) is 0 Å². The highest BCUT2D eigenvalue weighted by Crippen LogP contribution is 2.21. The lowest BCUT2D eigenvalue weighted by atomic mass is 10.1. The Balaban J connectivity index is 2.05. The lowest BCUT2D eigenvalue weighted by Gasteiger charge is -2.24. The summed E-state index contributed by atoms with van der Waals surface area (Å²) in [5, 5.41) is 12.1. The number of anilines is 2. The van der Waals surface area contributed by atoms with Gasteiger partial charge in [0.2, 0.25) is 0 Å². The van der Waals surface area contributed by atoms with Crippen LogP contribution >= 0.6 is 0 Å². The van der Waals surface area contributed by atoms with E-state index in [0.29, 0.717) is 24.1 Å². The van der Waals surface area contributed by atoms with Gasteiger partial charge in [-0.2, -0.15) is 5.26 Å². The number of nitrogens with one attached hydrogen (secondary N) is 1. The maximum Gasteiger partial charge on any atom is 0.150 e. The topological polar surface area (TPSA) is 96.0 Å². The van der Waals surface area contributed by atoms with E-state index in [2.05, 4.69) is 5.32 Å². The van der Waals surface area contributed by atoms with Gasteiger partial charge in [-0.1, -0.05) is 0 Å². The highest BCUT2D eigenvalue weighted by Gasteiger charge is 2.23. The number of nitriles is 1. The predicted octanol–water partition coefficient (Wildman–Crippen LogP) is 1.13. The van der Waals surface area contributed by atoms with Crippen LogP contribution in [0, 0.1) is 11.3 Å². The van der Waals surface area contributed by atoms with Gasteiger partial charge in [-0.05, 0) is 31.0 Å². The van der Waals surface area contributed by atoms with Crippen LogP contribution in [0.15, 0.2) is 18.2 Å². The fourth-order valence-electron chi connectivity index (χ4n) is 2.01. The van der Waals surface area contributed by atoms with Crippen LogP contribution in [0.3, 0.4) is 0 Å². The van der Waals surface area contributed by atoms with Crippen molar-refractivity contribution in [1.29, 1.82) is 5.26 Å². The molecule has 0 atom stereocenters. The van der Waals surface area contributed by atoms with E-state index in [1.807, 2.05) is 6.07 Å². The Morgan fingerprint density at radius 3 is 2.61 bits per heavy atom. The van der Waals surface area contributed by atoms with E-state index >= 15 is 0 Å². The van der Waals surface area contributed by atoms with Crippen molar-refractivity contribution < 1.29 is 8.42 Å². The summed E-state index contributed by atoms with van der Waals surface area (Å²) in [6.45, 7) is 0. The van der Waals surface area contributed by atoms with Crippen LogP contribution in [0.2, 0.25) is 0 Å². The highest BCUT2D eigenvalue weighted by atomic mass is 32.2. The minimum atomic E-state index is -2.84. The molecule has 5 nitrogen and oxygen atoms in total. The van der Waals surface area contributed by atoms with Crippen LogP contribution in [0.25, 0.3) is 0 Å². The van der Waals surface area contributed by atoms with Crippen molar-refractivity contribution >= 4 is 21.2 Å². The maximum atomic E-state index is 11.3. The summed E-state index contributed by atoms with van der Waals surface area (Å²) in [6.07, 6.45) is 1.21. The second-order valence-electron chi connectivity index (χ2n) is 4.48. The zero-order valence-corrected chi connectivity index (χ0v) is 10.7. The lowest BCUT2D eigenvalue weighted by Crippen LogP contribution is -2.32. The normalized spacial score (nSPS) is 19.1. The first-order chi connectivity index (χ1) is 8.50. The number of hydrogen-bond acceptors (Lipinski definition) is 5. The van der Waals surface area contributed by atoms with Gasteiger partial charge in [-0.3, -0.25) is 0 Å². The van der Waals surface area contributed by atoms with Gasteiger partial charge in [-0.15, -0.1) is 0 Å². The molecule has 18 heavy (non-hydrogen) atoms. The van der Waals surface area contributed by atoms with Gasteiger partial charge < -0.3 is 11.1 Å². The van der Waals surface area contributed by atoms with Gasteiger partial charge >= 0.3 is 0 Å². The third-order valence-corrected chi connectivity index (χ3v) is 4.81. The van der Waals surface area contributed by atoms with E-state index in [1.165, 1.54) is 0 Å². The second-order valence-corrected chi connectivity index (χ2v) is 6.79. The van der Waals surface area contributed by atoms with E-state index in [4.69, 9.17) is 11.0 Å². The first-order valence-electron chi connectivity index (χ1n) is 5.77. The maximum absolute atomic E-state index is 11.3. The monoisotopic (exact) mass is 265 g/mol.